The van der Waals surface area contributed by atoms with Crippen LogP contribution in [0.25, 0.3) is 11.1 Å². The molecule has 148 valence electrons. The zero-order valence-electron chi connectivity index (χ0n) is 16.7. The minimum atomic E-state index is -0.232. The number of hydrogen-bond acceptors (Lipinski definition) is 2. The molecule has 2 aliphatic heterocycles. The van der Waals surface area contributed by atoms with Gasteiger partial charge in [-0.15, -0.1) is 0 Å². The lowest BCUT2D eigenvalue weighted by atomic mass is 9.75. The fourth-order valence-corrected chi connectivity index (χ4v) is 4.73. The van der Waals surface area contributed by atoms with Gasteiger partial charge in [0.2, 0.25) is 5.91 Å². The largest absolute Gasteiger partial charge is 0.381 e. The van der Waals surface area contributed by atoms with Crippen LogP contribution in [0, 0.1) is 11.7 Å². The molecule has 2 aliphatic rings. The maximum absolute atomic E-state index is 13.7. The lowest BCUT2D eigenvalue weighted by Crippen LogP contribution is -2.42. The molecule has 1 atom stereocenters. The third-order valence-corrected chi connectivity index (χ3v) is 6.34. The molecule has 0 N–H and O–H groups in total. The van der Waals surface area contributed by atoms with E-state index in [1.807, 2.05) is 24.0 Å². The van der Waals surface area contributed by atoms with E-state index >= 15 is 0 Å². The van der Waals surface area contributed by atoms with Gasteiger partial charge in [-0.1, -0.05) is 38.5 Å². The van der Waals surface area contributed by atoms with Crippen molar-refractivity contribution < 1.29 is 13.9 Å². The Hall–Kier alpha value is -2.20. The number of amides is 1. The average molecular weight is 381 g/mol. The van der Waals surface area contributed by atoms with Crippen LogP contribution in [-0.2, 0) is 14.9 Å². The maximum Gasteiger partial charge on any atom is 0.229 e. The summed E-state index contributed by atoms with van der Waals surface area (Å²) >= 11 is 0. The standard InChI is InChI=1S/C24H28FNO2/c1-3-5-17(2)23(27)26-16-24(10-12-28-13-11-24)21-15-19(8-9-22(21)26)18-6-4-7-20(25)14-18/h4,6-9,14-15,17H,3,5,10-13,16H2,1-2H3/t17-/m1/s1. The van der Waals surface area contributed by atoms with Crippen molar-refractivity contribution in [3.05, 3.63) is 53.8 Å². The van der Waals surface area contributed by atoms with E-state index in [1.165, 1.54) is 11.6 Å². The Morgan fingerprint density at radius 3 is 2.64 bits per heavy atom. The molecule has 4 rings (SSSR count). The van der Waals surface area contributed by atoms with E-state index in [2.05, 4.69) is 19.1 Å². The van der Waals surface area contributed by atoms with Gasteiger partial charge in [-0.25, -0.2) is 4.39 Å². The van der Waals surface area contributed by atoms with Gasteiger partial charge < -0.3 is 9.64 Å². The van der Waals surface area contributed by atoms with E-state index in [1.54, 1.807) is 12.1 Å². The Morgan fingerprint density at radius 1 is 1.18 bits per heavy atom. The highest BCUT2D eigenvalue weighted by Crippen LogP contribution is 2.48. The molecular weight excluding hydrogens is 353 g/mol. The summed E-state index contributed by atoms with van der Waals surface area (Å²) in [6.45, 7) is 6.31. The highest BCUT2D eigenvalue weighted by molar-refractivity contribution is 5.98. The van der Waals surface area contributed by atoms with Crippen LogP contribution < -0.4 is 4.90 Å². The first-order valence-electron chi connectivity index (χ1n) is 10.3. The van der Waals surface area contributed by atoms with Gasteiger partial charge >= 0.3 is 0 Å². The Labute approximate surface area is 166 Å². The van der Waals surface area contributed by atoms with Crippen LogP contribution in [0.4, 0.5) is 10.1 Å². The Morgan fingerprint density at radius 2 is 1.93 bits per heavy atom. The van der Waals surface area contributed by atoms with Crippen molar-refractivity contribution in [2.45, 2.75) is 44.9 Å². The molecule has 28 heavy (non-hydrogen) atoms. The fourth-order valence-electron chi connectivity index (χ4n) is 4.73. The summed E-state index contributed by atoms with van der Waals surface area (Å²) in [5.41, 5.74) is 4.05. The molecule has 1 fully saturated rings. The molecular formula is C24H28FNO2. The van der Waals surface area contributed by atoms with E-state index in [-0.39, 0.29) is 23.1 Å². The Balaban J connectivity index is 1.76. The van der Waals surface area contributed by atoms with E-state index in [0.29, 0.717) is 0 Å². The zero-order chi connectivity index (χ0) is 19.7. The molecule has 0 aromatic heterocycles. The second-order valence-corrected chi connectivity index (χ2v) is 8.25. The lowest BCUT2D eigenvalue weighted by Gasteiger charge is -2.34. The summed E-state index contributed by atoms with van der Waals surface area (Å²) in [7, 11) is 0. The highest BCUT2D eigenvalue weighted by Gasteiger charge is 2.46. The quantitative estimate of drug-likeness (QED) is 0.717. The molecule has 2 aromatic rings. The average Bonchev–Trinajstić information content (AvgIpc) is 3.01. The van der Waals surface area contributed by atoms with Crippen LogP contribution in [-0.4, -0.2) is 25.7 Å². The van der Waals surface area contributed by atoms with E-state index < -0.39 is 0 Å². The summed E-state index contributed by atoms with van der Waals surface area (Å²) < 4.78 is 19.4. The fraction of sp³-hybridized carbons (Fsp3) is 0.458. The van der Waals surface area contributed by atoms with Crippen LogP contribution >= 0.6 is 0 Å². The summed E-state index contributed by atoms with van der Waals surface area (Å²) in [5.74, 6) is 0.00433. The van der Waals surface area contributed by atoms with Crippen molar-refractivity contribution >= 4 is 11.6 Å². The second kappa shape index (κ2) is 7.67. The van der Waals surface area contributed by atoms with Crippen molar-refractivity contribution in [3.63, 3.8) is 0 Å². The first-order chi connectivity index (χ1) is 13.5. The van der Waals surface area contributed by atoms with Crippen LogP contribution in [0.5, 0.6) is 0 Å². The summed E-state index contributed by atoms with van der Waals surface area (Å²) in [4.78, 5) is 15.2. The van der Waals surface area contributed by atoms with Crippen molar-refractivity contribution in [2.24, 2.45) is 5.92 Å². The molecule has 1 amide bonds. The molecule has 1 saturated heterocycles. The molecule has 1 spiro atoms. The number of nitrogens with zero attached hydrogens (tertiary/aromatic N) is 1. The number of ether oxygens (including phenoxy) is 1. The van der Waals surface area contributed by atoms with Crippen molar-refractivity contribution in [1.29, 1.82) is 0 Å². The van der Waals surface area contributed by atoms with Crippen LogP contribution in [0.15, 0.2) is 42.5 Å². The zero-order valence-corrected chi connectivity index (χ0v) is 16.7. The van der Waals surface area contributed by atoms with Gasteiger partial charge in [-0.3, -0.25) is 4.79 Å². The second-order valence-electron chi connectivity index (χ2n) is 8.25. The Kier molecular flexibility index (Phi) is 5.24. The summed E-state index contributed by atoms with van der Waals surface area (Å²) in [6.07, 6.45) is 3.74. The number of carbonyl (C=O) groups excluding carboxylic acids is 1. The predicted octanol–water partition coefficient (Wildman–Crippen LogP) is 5.32. The van der Waals surface area contributed by atoms with Gasteiger partial charge in [-0.2, -0.15) is 0 Å². The topological polar surface area (TPSA) is 29.5 Å². The number of anilines is 1. The van der Waals surface area contributed by atoms with Gasteiger partial charge in [0.25, 0.3) is 0 Å². The lowest BCUT2D eigenvalue weighted by molar-refractivity contribution is -0.122. The van der Waals surface area contributed by atoms with Crippen LogP contribution in [0.3, 0.4) is 0 Å². The van der Waals surface area contributed by atoms with Crippen molar-refractivity contribution in [2.75, 3.05) is 24.7 Å². The number of hydrogen-bond donors (Lipinski definition) is 0. The van der Waals surface area contributed by atoms with Crippen LogP contribution in [0.1, 0.15) is 45.1 Å². The van der Waals surface area contributed by atoms with Crippen molar-refractivity contribution in [1.82, 2.24) is 0 Å². The smallest absolute Gasteiger partial charge is 0.229 e. The third kappa shape index (κ3) is 3.35. The van der Waals surface area contributed by atoms with Crippen molar-refractivity contribution in [3.8, 4) is 11.1 Å². The molecule has 0 saturated carbocycles. The number of benzene rings is 2. The minimum absolute atomic E-state index is 0.0238. The van der Waals surface area contributed by atoms with E-state index in [0.717, 1.165) is 62.3 Å². The molecule has 0 unspecified atom stereocenters. The van der Waals surface area contributed by atoms with Gasteiger partial charge in [-0.05, 0) is 60.2 Å². The van der Waals surface area contributed by atoms with Crippen LogP contribution in [0.2, 0.25) is 0 Å². The molecule has 2 heterocycles. The normalized spacial score (nSPS) is 18.9. The van der Waals surface area contributed by atoms with E-state index in [4.69, 9.17) is 4.74 Å². The maximum atomic E-state index is 13.7. The molecule has 0 bridgehead atoms. The summed E-state index contributed by atoms with van der Waals surface area (Å²) in [5, 5.41) is 0. The predicted molar refractivity (Wildman–Crippen MR) is 110 cm³/mol. The molecule has 2 aromatic carbocycles. The Bertz CT molecular complexity index is 873. The SMILES string of the molecule is CCC[C@@H](C)C(=O)N1CC2(CCOCC2)c2cc(-c3cccc(F)c3)ccc21. The van der Waals surface area contributed by atoms with E-state index in [9.17, 15) is 9.18 Å². The first-order valence-corrected chi connectivity index (χ1v) is 10.3. The minimum Gasteiger partial charge on any atom is -0.381 e. The molecule has 0 radical (unpaired) electrons. The number of carbonyl (C=O) groups is 1. The van der Waals surface area contributed by atoms with Gasteiger partial charge in [0.15, 0.2) is 0 Å². The number of rotatable bonds is 4. The van der Waals surface area contributed by atoms with Gasteiger partial charge in [0.05, 0.1) is 0 Å². The third-order valence-electron chi connectivity index (χ3n) is 6.34. The molecule has 3 nitrogen and oxygen atoms in total. The van der Waals surface area contributed by atoms with Gasteiger partial charge in [0, 0.05) is 36.8 Å². The highest BCUT2D eigenvalue weighted by atomic mass is 19.1. The summed E-state index contributed by atoms with van der Waals surface area (Å²) in [6, 6.07) is 12.9. The molecule has 0 aliphatic carbocycles. The number of fused-ring (bicyclic) bond motifs is 2. The number of halogens is 1. The molecule has 4 heteroatoms. The monoisotopic (exact) mass is 381 g/mol. The first kappa shape index (κ1) is 19.1. The van der Waals surface area contributed by atoms with Gasteiger partial charge in [0.1, 0.15) is 5.82 Å².